The second kappa shape index (κ2) is 7.06. The van der Waals surface area contributed by atoms with Gasteiger partial charge in [0, 0.05) is 12.0 Å². The lowest BCUT2D eigenvalue weighted by molar-refractivity contribution is 0.299. The summed E-state index contributed by atoms with van der Waals surface area (Å²) < 4.78 is 0. The van der Waals surface area contributed by atoms with Gasteiger partial charge in [-0.1, -0.05) is 66.7 Å². The van der Waals surface area contributed by atoms with Gasteiger partial charge in [-0.05, 0) is 31.6 Å². The van der Waals surface area contributed by atoms with E-state index >= 15 is 0 Å². The van der Waals surface area contributed by atoms with Gasteiger partial charge >= 0.3 is 0 Å². The third-order valence-electron chi connectivity index (χ3n) is 3.78. The maximum atomic E-state index is 4.03. The van der Waals surface area contributed by atoms with Gasteiger partial charge in [-0.2, -0.15) is 0 Å². The van der Waals surface area contributed by atoms with Crippen molar-refractivity contribution in [3.05, 3.63) is 84.4 Å². The number of rotatable bonds is 6. The molecule has 2 aromatic rings. The van der Waals surface area contributed by atoms with E-state index in [-0.39, 0.29) is 0 Å². The fourth-order valence-corrected chi connectivity index (χ4v) is 2.74. The van der Waals surface area contributed by atoms with Crippen LogP contribution in [0, 0.1) is 0 Å². The Morgan fingerprint density at radius 2 is 1.50 bits per heavy atom. The van der Waals surface area contributed by atoms with Crippen LogP contribution in [0.3, 0.4) is 0 Å². The third kappa shape index (κ3) is 3.58. The van der Waals surface area contributed by atoms with Crippen molar-refractivity contribution in [3.8, 4) is 0 Å². The summed E-state index contributed by atoms with van der Waals surface area (Å²) in [6.45, 7) is 4.03. The van der Waals surface area contributed by atoms with Crippen LogP contribution in [0.15, 0.2) is 73.3 Å². The lowest BCUT2D eigenvalue weighted by Crippen LogP contribution is -2.33. The molecular formula is C19H23N. The van der Waals surface area contributed by atoms with Crippen LogP contribution >= 0.6 is 0 Å². The molecule has 2 atom stereocenters. The molecule has 20 heavy (non-hydrogen) atoms. The first-order chi connectivity index (χ1) is 9.72. The van der Waals surface area contributed by atoms with Gasteiger partial charge in [-0.25, -0.2) is 0 Å². The Kier molecular flexibility index (Phi) is 5.14. The molecule has 0 bridgehead atoms. The summed E-state index contributed by atoms with van der Waals surface area (Å²) in [5, 5.41) is 0. The second-order valence-corrected chi connectivity index (χ2v) is 5.40. The number of hydrogen-bond acceptors (Lipinski definition) is 1. The Balaban J connectivity index is 2.31. The standard InChI is InChI=1S/C19H23N/c1-4-19(20(2)3)18(17-13-9-6-10-14-17)15-16-11-7-5-8-12-16/h4-14,18-19H,1,15H2,2-3H3. The van der Waals surface area contributed by atoms with E-state index in [1.807, 2.05) is 0 Å². The van der Waals surface area contributed by atoms with Gasteiger partial charge in [-0.3, -0.25) is 0 Å². The summed E-state index contributed by atoms with van der Waals surface area (Å²) in [5.41, 5.74) is 2.74. The van der Waals surface area contributed by atoms with Crippen molar-refractivity contribution in [3.63, 3.8) is 0 Å². The van der Waals surface area contributed by atoms with Gasteiger partial charge in [0.1, 0.15) is 0 Å². The molecule has 1 heteroatoms. The van der Waals surface area contributed by atoms with E-state index < -0.39 is 0 Å². The van der Waals surface area contributed by atoms with Crippen LogP contribution in [0.5, 0.6) is 0 Å². The fraction of sp³-hybridized carbons (Fsp3) is 0.263. The molecule has 1 nitrogen and oxygen atoms in total. The van der Waals surface area contributed by atoms with Gasteiger partial charge in [0.2, 0.25) is 0 Å². The van der Waals surface area contributed by atoms with E-state index in [0.717, 1.165) is 6.42 Å². The Labute approximate surface area is 122 Å². The normalized spacial score (nSPS) is 13.9. The minimum absolute atomic E-state index is 0.331. The zero-order chi connectivity index (χ0) is 14.4. The van der Waals surface area contributed by atoms with Crippen LogP contribution in [0.2, 0.25) is 0 Å². The van der Waals surface area contributed by atoms with Crippen LogP contribution in [-0.2, 0) is 6.42 Å². The van der Waals surface area contributed by atoms with Gasteiger partial charge in [0.05, 0.1) is 0 Å². The highest BCUT2D eigenvalue weighted by Gasteiger charge is 2.22. The molecule has 2 rings (SSSR count). The van der Waals surface area contributed by atoms with Crippen molar-refractivity contribution < 1.29 is 0 Å². The molecule has 104 valence electrons. The van der Waals surface area contributed by atoms with Crippen LogP contribution in [0.4, 0.5) is 0 Å². The zero-order valence-corrected chi connectivity index (χ0v) is 12.4. The molecule has 0 saturated heterocycles. The summed E-state index contributed by atoms with van der Waals surface area (Å²) >= 11 is 0. The minimum atomic E-state index is 0.331. The van der Waals surface area contributed by atoms with Crippen LogP contribution in [-0.4, -0.2) is 25.0 Å². The Bertz CT molecular complexity index is 516. The minimum Gasteiger partial charge on any atom is -0.302 e. The molecule has 0 heterocycles. The van der Waals surface area contributed by atoms with E-state index in [1.54, 1.807) is 0 Å². The average Bonchev–Trinajstić information content (AvgIpc) is 2.48. The molecular weight excluding hydrogens is 242 g/mol. The topological polar surface area (TPSA) is 3.24 Å². The Morgan fingerprint density at radius 1 is 0.950 bits per heavy atom. The zero-order valence-electron chi connectivity index (χ0n) is 12.4. The highest BCUT2D eigenvalue weighted by molar-refractivity contribution is 5.27. The predicted octanol–water partition coefficient (Wildman–Crippen LogP) is 4.13. The number of benzene rings is 2. The molecule has 0 spiro atoms. The van der Waals surface area contributed by atoms with Crippen molar-refractivity contribution in [2.45, 2.75) is 18.4 Å². The molecule has 0 aromatic heterocycles. The largest absolute Gasteiger partial charge is 0.302 e. The Hall–Kier alpha value is -1.86. The molecule has 2 unspecified atom stereocenters. The monoisotopic (exact) mass is 265 g/mol. The smallest absolute Gasteiger partial charge is 0.0341 e. The van der Waals surface area contributed by atoms with Crippen molar-refractivity contribution in [2.75, 3.05) is 14.1 Å². The number of nitrogens with zero attached hydrogens (tertiary/aromatic N) is 1. The van der Waals surface area contributed by atoms with E-state index in [0.29, 0.717) is 12.0 Å². The van der Waals surface area contributed by atoms with E-state index in [9.17, 15) is 0 Å². The lowest BCUT2D eigenvalue weighted by atomic mass is 9.85. The van der Waals surface area contributed by atoms with Gasteiger partial charge < -0.3 is 4.90 Å². The molecule has 0 amide bonds. The predicted molar refractivity (Wildman–Crippen MR) is 87.0 cm³/mol. The summed E-state index contributed by atoms with van der Waals surface area (Å²) in [4.78, 5) is 2.24. The van der Waals surface area contributed by atoms with E-state index in [4.69, 9.17) is 0 Å². The summed E-state index contributed by atoms with van der Waals surface area (Å²) in [5.74, 6) is 0.422. The first-order valence-electron chi connectivity index (χ1n) is 7.10. The van der Waals surface area contributed by atoms with Gasteiger partial charge in [-0.15, -0.1) is 6.58 Å². The van der Waals surface area contributed by atoms with Crippen molar-refractivity contribution >= 4 is 0 Å². The first kappa shape index (κ1) is 14.5. The lowest BCUT2D eigenvalue weighted by Gasteiger charge is -2.30. The molecule has 0 fully saturated rings. The summed E-state index contributed by atoms with van der Waals surface area (Å²) in [7, 11) is 4.24. The first-order valence-corrected chi connectivity index (χ1v) is 7.10. The summed E-state index contributed by atoms with van der Waals surface area (Å²) in [6, 6.07) is 21.7. The molecule has 0 aliphatic heterocycles. The summed E-state index contributed by atoms with van der Waals surface area (Å²) in [6.07, 6.45) is 3.08. The molecule has 0 saturated carbocycles. The molecule has 0 N–H and O–H groups in total. The van der Waals surface area contributed by atoms with Gasteiger partial charge in [0.25, 0.3) is 0 Å². The van der Waals surface area contributed by atoms with Crippen LogP contribution in [0.1, 0.15) is 17.0 Å². The Morgan fingerprint density at radius 3 is 2.00 bits per heavy atom. The third-order valence-corrected chi connectivity index (χ3v) is 3.78. The number of likely N-dealkylation sites (N-methyl/N-ethyl adjacent to an activating group) is 1. The maximum Gasteiger partial charge on any atom is 0.0341 e. The fourth-order valence-electron chi connectivity index (χ4n) is 2.74. The van der Waals surface area contributed by atoms with Crippen LogP contribution < -0.4 is 0 Å². The van der Waals surface area contributed by atoms with Gasteiger partial charge in [0.15, 0.2) is 0 Å². The average molecular weight is 265 g/mol. The molecule has 2 aromatic carbocycles. The second-order valence-electron chi connectivity index (χ2n) is 5.40. The van der Waals surface area contributed by atoms with E-state index in [2.05, 4.69) is 92.3 Å². The maximum absolute atomic E-state index is 4.03. The van der Waals surface area contributed by atoms with E-state index in [1.165, 1.54) is 11.1 Å². The van der Waals surface area contributed by atoms with Crippen molar-refractivity contribution in [2.24, 2.45) is 0 Å². The highest BCUT2D eigenvalue weighted by Crippen LogP contribution is 2.27. The molecule has 0 aliphatic rings. The number of hydrogen-bond donors (Lipinski definition) is 0. The van der Waals surface area contributed by atoms with Crippen molar-refractivity contribution in [1.29, 1.82) is 0 Å². The molecule has 0 aliphatic carbocycles. The highest BCUT2D eigenvalue weighted by atomic mass is 15.1. The SMILES string of the molecule is C=CC(C(Cc1ccccc1)c1ccccc1)N(C)C. The van der Waals surface area contributed by atoms with Crippen LogP contribution in [0.25, 0.3) is 0 Å². The quantitative estimate of drug-likeness (QED) is 0.710. The van der Waals surface area contributed by atoms with Crippen molar-refractivity contribution in [1.82, 2.24) is 4.90 Å². The molecule has 0 radical (unpaired) electrons.